The van der Waals surface area contributed by atoms with Crippen molar-refractivity contribution in [1.29, 1.82) is 0 Å². The van der Waals surface area contributed by atoms with Crippen LogP contribution in [0, 0.1) is 6.92 Å². The topological polar surface area (TPSA) is 59.4 Å². The van der Waals surface area contributed by atoms with E-state index in [0.717, 1.165) is 33.9 Å². The highest BCUT2D eigenvalue weighted by Crippen LogP contribution is 2.39. The van der Waals surface area contributed by atoms with Crippen LogP contribution in [-0.2, 0) is 30.4 Å². The average Bonchev–Trinajstić information content (AvgIpc) is 2.93. The SMILES string of the molecule is Cc1ccc(CC(=O)O)cc1OCc1cccc(-c2c(Cc3ccccc3)cnc3c(C(F)(F)F)cccc23)c1. The van der Waals surface area contributed by atoms with E-state index < -0.39 is 17.7 Å². The molecule has 0 radical (unpaired) electrons. The van der Waals surface area contributed by atoms with E-state index in [9.17, 15) is 18.0 Å². The molecule has 1 aromatic heterocycles. The number of rotatable bonds is 8. The van der Waals surface area contributed by atoms with Gasteiger partial charge < -0.3 is 9.84 Å². The molecule has 0 atom stereocenters. The smallest absolute Gasteiger partial charge is 0.418 e. The number of aromatic nitrogens is 1. The standard InChI is InChI=1S/C33H26F3NO3/c1-21-13-14-23(18-30(38)39)17-29(21)40-20-24-9-5-10-25(16-24)31-26(15-22-7-3-2-4-8-22)19-37-32-27(31)11-6-12-28(32)33(34,35)36/h2-14,16-17,19H,15,18,20H2,1H3,(H,38,39). The number of para-hydroxylation sites is 1. The van der Waals surface area contributed by atoms with Gasteiger partial charge in [0.2, 0.25) is 0 Å². The van der Waals surface area contributed by atoms with E-state index in [4.69, 9.17) is 9.84 Å². The number of nitrogens with zero attached hydrogens (tertiary/aromatic N) is 1. The molecule has 0 amide bonds. The van der Waals surface area contributed by atoms with Crippen molar-refractivity contribution in [1.82, 2.24) is 4.98 Å². The van der Waals surface area contributed by atoms with Crippen LogP contribution in [0.4, 0.5) is 13.2 Å². The van der Waals surface area contributed by atoms with Crippen LogP contribution in [0.5, 0.6) is 5.75 Å². The Balaban J connectivity index is 1.55. The number of hydrogen-bond acceptors (Lipinski definition) is 3. The highest BCUT2D eigenvalue weighted by molar-refractivity contribution is 5.98. The highest BCUT2D eigenvalue weighted by atomic mass is 19.4. The largest absolute Gasteiger partial charge is 0.489 e. The summed E-state index contributed by atoms with van der Waals surface area (Å²) in [6.07, 6.45) is -2.59. The normalized spacial score (nSPS) is 11.5. The monoisotopic (exact) mass is 541 g/mol. The number of carboxylic acids is 1. The van der Waals surface area contributed by atoms with Gasteiger partial charge >= 0.3 is 12.1 Å². The Morgan fingerprint density at radius 2 is 1.62 bits per heavy atom. The molecule has 0 aliphatic rings. The summed E-state index contributed by atoms with van der Waals surface area (Å²) >= 11 is 0. The van der Waals surface area contributed by atoms with Crippen LogP contribution >= 0.6 is 0 Å². The van der Waals surface area contributed by atoms with E-state index in [2.05, 4.69) is 4.98 Å². The summed E-state index contributed by atoms with van der Waals surface area (Å²) in [5.74, 6) is -0.342. The van der Waals surface area contributed by atoms with Crippen molar-refractivity contribution in [3.05, 3.63) is 131 Å². The first-order valence-electron chi connectivity index (χ1n) is 12.7. The van der Waals surface area contributed by atoms with E-state index in [1.807, 2.05) is 67.6 Å². The Hall–Kier alpha value is -4.65. The van der Waals surface area contributed by atoms with Gasteiger partial charge in [-0.1, -0.05) is 72.8 Å². The molecule has 1 N–H and O–H groups in total. The number of pyridine rings is 1. The predicted molar refractivity (Wildman–Crippen MR) is 148 cm³/mol. The highest BCUT2D eigenvalue weighted by Gasteiger charge is 2.33. The number of aliphatic carboxylic acids is 1. The third-order valence-electron chi connectivity index (χ3n) is 6.74. The molecule has 0 saturated heterocycles. The quantitative estimate of drug-likeness (QED) is 0.216. The number of benzene rings is 4. The molecule has 0 spiro atoms. The Kier molecular flexibility index (Phi) is 7.56. The van der Waals surface area contributed by atoms with Gasteiger partial charge in [-0.15, -0.1) is 0 Å². The first-order valence-corrected chi connectivity index (χ1v) is 12.7. The Morgan fingerprint density at radius 1 is 0.875 bits per heavy atom. The fourth-order valence-electron chi connectivity index (χ4n) is 4.85. The molecular formula is C33H26F3NO3. The molecule has 0 unspecified atom stereocenters. The van der Waals surface area contributed by atoms with Crippen LogP contribution in [0.2, 0.25) is 0 Å². The summed E-state index contributed by atoms with van der Waals surface area (Å²) in [5, 5.41) is 9.55. The van der Waals surface area contributed by atoms with Gasteiger partial charge in [-0.05, 0) is 70.5 Å². The zero-order valence-corrected chi connectivity index (χ0v) is 21.7. The second kappa shape index (κ2) is 11.2. The molecule has 40 heavy (non-hydrogen) atoms. The number of halogens is 3. The number of aryl methyl sites for hydroxylation is 1. The van der Waals surface area contributed by atoms with Crippen LogP contribution < -0.4 is 4.74 Å². The molecule has 4 nitrogen and oxygen atoms in total. The van der Waals surface area contributed by atoms with Crippen LogP contribution in [0.25, 0.3) is 22.0 Å². The van der Waals surface area contributed by atoms with Crippen LogP contribution in [0.15, 0.2) is 97.2 Å². The van der Waals surface area contributed by atoms with Crippen LogP contribution in [0.1, 0.15) is 33.4 Å². The zero-order valence-electron chi connectivity index (χ0n) is 21.7. The van der Waals surface area contributed by atoms with E-state index in [-0.39, 0.29) is 18.5 Å². The van der Waals surface area contributed by atoms with Crippen molar-refractivity contribution in [2.75, 3.05) is 0 Å². The lowest BCUT2D eigenvalue weighted by atomic mass is 9.91. The van der Waals surface area contributed by atoms with Gasteiger partial charge in [0, 0.05) is 11.6 Å². The van der Waals surface area contributed by atoms with E-state index >= 15 is 0 Å². The molecule has 5 aromatic rings. The average molecular weight is 542 g/mol. The maximum atomic E-state index is 13.9. The summed E-state index contributed by atoms with van der Waals surface area (Å²) in [4.78, 5) is 15.4. The molecule has 4 aromatic carbocycles. The minimum absolute atomic E-state index is 0.0886. The summed E-state index contributed by atoms with van der Waals surface area (Å²) < 4.78 is 47.7. The van der Waals surface area contributed by atoms with E-state index in [1.54, 1.807) is 24.4 Å². The minimum Gasteiger partial charge on any atom is -0.489 e. The van der Waals surface area contributed by atoms with Crippen molar-refractivity contribution in [2.45, 2.75) is 32.5 Å². The molecule has 202 valence electrons. The van der Waals surface area contributed by atoms with Crippen LogP contribution in [0.3, 0.4) is 0 Å². The molecule has 1 heterocycles. The maximum absolute atomic E-state index is 13.9. The lowest BCUT2D eigenvalue weighted by molar-refractivity contribution is -0.137. The third-order valence-corrected chi connectivity index (χ3v) is 6.74. The Labute approximate surface area is 229 Å². The van der Waals surface area contributed by atoms with Crippen molar-refractivity contribution >= 4 is 16.9 Å². The molecule has 0 aliphatic carbocycles. The first kappa shape index (κ1) is 26.9. The van der Waals surface area contributed by atoms with Gasteiger partial charge in [0.05, 0.1) is 17.5 Å². The fraction of sp³-hybridized carbons (Fsp3) is 0.152. The van der Waals surface area contributed by atoms with Crippen molar-refractivity contribution < 1.29 is 27.8 Å². The molecule has 0 saturated carbocycles. The van der Waals surface area contributed by atoms with Crippen molar-refractivity contribution in [3.8, 4) is 16.9 Å². The summed E-state index contributed by atoms with van der Waals surface area (Å²) in [6.45, 7) is 2.09. The molecular weight excluding hydrogens is 515 g/mol. The van der Waals surface area contributed by atoms with Crippen molar-refractivity contribution in [3.63, 3.8) is 0 Å². The molecule has 0 bridgehead atoms. The number of hydrogen-bond donors (Lipinski definition) is 1. The molecule has 0 aliphatic heterocycles. The molecule has 5 rings (SSSR count). The molecule has 0 fully saturated rings. The van der Waals surface area contributed by atoms with E-state index in [0.29, 0.717) is 28.7 Å². The summed E-state index contributed by atoms with van der Waals surface area (Å²) in [7, 11) is 0. The second-order valence-electron chi connectivity index (χ2n) is 9.68. The number of fused-ring (bicyclic) bond motifs is 1. The zero-order chi connectivity index (χ0) is 28.3. The predicted octanol–water partition coefficient (Wildman–Crippen LogP) is 8.03. The van der Waals surface area contributed by atoms with Gasteiger partial charge in [-0.3, -0.25) is 9.78 Å². The van der Waals surface area contributed by atoms with Gasteiger partial charge in [0.15, 0.2) is 0 Å². The Morgan fingerprint density at radius 3 is 2.38 bits per heavy atom. The lowest BCUT2D eigenvalue weighted by Gasteiger charge is -2.17. The number of ether oxygens (including phenoxy) is 1. The van der Waals surface area contributed by atoms with Gasteiger partial charge in [-0.25, -0.2) is 0 Å². The first-order chi connectivity index (χ1) is 19.2. The van der Waals surface area contributed by atoms with Gasteiger partial charge in [0.25, 0.3) is 0 Å². The Bertz CT molecular complexity index is 1680. The van der Waals surface area contributed by atoms with E-state index in [1.165, 1.54) is 6.07 Å². The number of carboxylic acid groups (broad SMARTS) is 1. The third kappa shape index (κ3) is 5.99. The van der Waals surface area contributed by atoms with Gasteiger partial charge in [-0.2, -0.15) is 13.2 Å². The minimum atomic E-state index is -4.53. The molecule has 7 heteroatoms. The van der Waals surface area contributed by atoms with Crippen LogP contribution in [-0.4, -0.2) is 16.1 Å². The lowest BCUT2D eigenvalue weighted by Crippen LogP contribution is -2.07. The second-order valence-corrected chi connectivity index (χ2v) is 9.68. The maximum Gasteiger partial charge on any atom is 0.418 e. The summed E-state index contributed by atoms with van der Waals surface area (Å²) in [5.41, 5.74) is 4.76. The van der Waals surface area contributed by atoms with Crippen molar-refractivity contribution in [2.24, 2.45) is 0 Å². The number of alkyl halides is 3. The van der Waals surface area contributed by atoms with Gasteiger partial charge in [0.1, 0.15) is 12.4 Å². The number of carbonyl (C=O) groups is 1. The fourth-order valence-corrected chi connectivity index (χ4v) is 4.85. The summed E-state index contributed by atoms with van der Waals surface area (Å²) in [6, 6.07) is 26.7.